The van der Waals surface area contributed by atoms with Crippen molar-refractivity contribution in [1.29, 1.82) is 0 Å². The minimum Gasteiger partial charge on any atom is -0.363 e. The Morgan fingerprint density at radius 3 is 2.57 bits per heavy atom. The fourth-order valence-corrected chi connectivity index (χ4v) is 1.23. The second-order valence-corrected chi connectivity index (χ2v) is 3.27. The molecule has 2 heterocycles. The van der Waals surface area contributed by atoms with E-state index in [1.807, 2.05) is 43.4 Å². The number of H-pyrrole nitrogens is 1. The number of rotatable bonds is 2. The Morgan fingerprint density at radius 1 is 1.21 bits per heavy atom. The highest BCUT2D eigenvalue weighted by atomic mass is 15.1. The number of pyridine rings is 1. The largest absolute Gasteiger partial charge is 0.363 e. The molecule has 2 rings (SSSR count). The molecule has 0 radical (unpaired) electrons. The maximum Gasteiger partial charge on any atom is 0.127 e. The molecule has 0 saturated heterocycles. The molecule has 0 atom stereocenters. The first-order valence-corrected chi connectivity index (χ1v) is 4.40. The Bertz CT molecular complexity index is 389. The Balaban J connectivity index is 2.31. The minimum atomic E-state index is 0.952. The molecule has 1 N–H and O–H groups in total. The lowest BCUT2D eigenvalue weighted by molar-refractivity contribution is 1.06. The average molecular weight is 188 g/mol. The molecule has 0 aliphatic heterocycles. The summed E-state index contributed by atoms with van der Waals surface area (Å²) in [6.45, 7) is 0. The maximum absolute atomic E-state index is 4.31. The summed E-state index contributed by atoms with van der Waals surface area (Å²) in [6, 6.07) is 5.93. The summed E-state index contributed by atoms with van der Waals surface area (Å²) in [5.74, 6) is 0.952. The Morgan fingerprint density at radius 2 is 2.07 bits per heavy atom. The van der Waals surface area contributed by atoms with Gasteiger partial charge < -0.3 is 4.90 Å². The summed E-state index contributed by atoms with van der Waals surface area (Å²) >= 11 is 0. The number of anilines is 1. The molecular formula is C10H12N4. The molecule has 0 bridgehead atoms. The zero-order valence-electron chi connectivity index (χ0n) is 8.23. The van der Waals surface area contributed by atoms with Crippen molar-refractivity contribution in [3.63, 3.8) is 0 Å². The summed E-state index contributed by atoms with van der Waals surface area (Å²) in [5.41, 5.74) is 2.04. The van der Waals surface area contributed by atoms with Crippen LogP contribution in [0.15, 0.2) is 30.6 Å². The van der Waals surface area contributed by atoms with Crippen LogP contribution in [0.4, 0.5) is 5.82 Å². The highest BCUT2D eigenvalue weighted by molar-refractivity contribution is 5.59. The fraction of sp³-hybridized carbons (Fsp3) is 0.200. The van der Waals surface area contributed by atoms with Crippen molar-refractivity contribution in [2.45, 2.75) is 0 Å². The first-order chi connectivity index (χ1) is 6.77. The van der Waals surface area contributed by atoms with E-state index in [1.165, 1.54) is 0 Å². The molecule has 0 spiro atoms. The lowest BCUT2D eigenvalue weighted by Crippen LogP contribution is -2.09. The highest BCUT2D eigenvalue weighted by Crippen LogP contribution is 2.17. The molecule has 0 aromatic carbocycles. The monoisotopic (exact) mass is 188 g/mol. The van der Waals surface area contributed by atoms with Crippen molar-refractivity contribution in [3.05, 3.63) is 30.6 Å². The van der Waals surface area contributed by atoms with Gasteiger partial charge in [-0.1, -0.05) is 0 Å². The summed E-state index contributed by atoms with van der Waals surface area (Å²) in [7, 11) is 3.94. The third-order valence-electron chi connectivity index (χ3n) is 2.02. The molecule has 4 heteroatoms. The van der Waals surface area contributed by atoms with Crippen LogP contribution >= 0.6 is 0 Å². The van der Waals surface area contributed by atoms with Gasteiger partial charge in [-0.3, -0.25) is 5.10 Å². The van der Waals surface area contributed by atoms with Crippen LogP contribution in [0, 0.1) is 0 Å². The number of aromatic amines is 1. The molecule has 0 saturated carbocycles. The number of nitrogens with one attached hydrogen (secondary N) is 1. The van der Waals surface area contributed by atoms with Crippen molar-refractivity contribution < 1.29 is 0 Å². The van der Waals surface area contributed by atoms with Gasteiger partial charge in [0.15, 0.2) is 0 Å². The second-order valence-electron chi connectivity index (χ2n) is 3.27. The summed E-state index contributed by atoms with van der Waals surface area (Å²) < 4.78 is 0. The predicted octanol–water partition coefficient (Wildman–Crippen LogP) is 1.54. The quantitative estimate of drug-likeness (QED) is 0.777. The smallest absolute Gasteiger partial charge is 0.127 e. The van der Waals surface area contributed by atoms with E-state index >= 15 is 0 Å². The molecule has 14 heavy (non-hydrogen) atoms. The van der Waals surface area contributed by atoms with Gasteiger partial charge in [0, 0.05) is 32.1 Å². The molecule has 0 unspecified atom stereocenters. The van der Waals surface area contributed by atoms with Gasteiger partial charge in [0.1, 0.15) is 5.82 Å². The Labute approximate surface area is 82.6 Å². The van der Waals surface area contributed by atoms with E-state index in [0.29, 0.717) is 0 Å². The highest BCUT2D eigenvalue weighted by Gasteiger charge is 2.00. The van der Waals surface area contributed by atoms with Crippen molar-refractivity contribution in [2.75, 3.05) is 19.0 Å². The van der Waals surface area contributed by atoms with Gasteiger partial charge in [0.05, 0.1) is 5.69 Å². The topological polar surface area (TPSA) is 44.8 Å². The molecule has 72 valence electrons. The standard InChI is InChI=1S/C10H12N4/c1-14(2)10-4-3-8(7-11-10)9-5-6-12-13-9/h3-7H,1-2H3,(H,12,13). The summed E-state index contributed by atoms with van der Waals surface area (Å²) in [6.07, 6.45) is 3.57. The third kappa shape index (κ3) is 1.59. The van der Waals surface area contributed by atoms with Crippen LogP contribution in [0.1, 0.15) is 0 Å². The number of aromatic nitrogens is 3. The van der Waals surface area contributed by atoms with Gasteiger partial charge in [0.2, 0.25) is 0 Å². The first-order valence-electron chi connectivity index (χ1n) is 4.40. The zero-order chi connectivity index (χ0) is 9.97. The van der Waals surface area contributed by atoms with E-state index in [0.717, 1.165) is 17.1 Å². The van der Waals surface area contributed by atoms with Crippen LogP contribution in [-0.2, 0) is 0 Å². The van der Waals surface area contributed by atoms with Crippen LogP contribution in [0.2, 0.25) is 0 Å². The lowest BCUT2D eigenvalue weighted by atomic mass is 10.2. The van der Waals surface area contributed by atoms with Crippen LogP contribution in [-0.4, -0.2) is 29.3 Å². The number of hydrogen-bond acceptors (Lipinski definition) is 3. The van der Waals surface area contributed by atoms with Gasteiger partial charge in [-0.05, 0) is 18.2 Å². The summed E-state index contributed by atoms with van der Waals surface area (Å²) in [4.78, 5) is 6.28. The van der Waals surface area contributed by atoms with Crippen LogP contribution in [0.3, 0.4) is 0 Å². The lowest BCUT2D eigenvalue weighted by Gasteiger charge is -2.10. The van der Waals surface area contributed by atoms with Crippen molar-refractivity contribution in [2.24, 2.45) is 0 Å². The zero-order valence-corrected chi connectivity index (χ0v) is 8.23. The molecule has 2 aromatic heterocycles. The van der Waals surface area contributed by atoms with Gasteiger partial charge in [-0.15, -0.1) is 0 Å². The van der Waals surface area contributed by atoms with E-state index < -0.39 is 0 Å². The van der Waals surface area contributed by atoms with Crippen LogP contribution < -0.4 is 4.90 Å². The van der Waals surface area contributed by atoms with Crippen molar-refractivity contribution in [1.82, 2.24) is 15.2 Å². The molecule has 0 fully saturated rings. The van der Waals surface area contributed by atoms with Gasteiger partial charge in [-0.2, -0.15) is 5.10 Å². The Kier molecular flexibility index (Phi) is 2.18. The normalized spacial score (nSPS) is 10.1. The SMILES string of the molecule is CN(C)c1ccc(-c2ccn[nH]2)cn1. The third-order valence-corrected chi connectivity index (χ3v) is 2.02. The van der Waals surface area contributed by atoms with Crippen molar-refractivity contribution >= 4 is 5.82 Å². The minimum absolute atomic E-state index is 0.952. The number of hydrogen-bond donors (Lipinski definition) is 1. The van der Waals surface area contributed by atoms with E-state index in [1.54, 1.807) is 6.20 Å². The van der Waals surface area contributed by atoms with Crippen LogP contribution in [0.25, 0.3) is 11.3 Å². The molecule has 0 amide bonds. The van der Waals surface area contributed by atoms with Gasteiger partial charge in [0.25, 0.3) is 0 Å². The maximum atomic E-state index is 4.31. The molecule has 0 aliphatic rings. The van der Waals surface area contributed by atoms with Crippen molar-refractivity contribution in [3.8, 4) is 11.3 Å². The predicted molar refractivity (Wildman–Crippen MR) is 56.1 cm³/mol. The Hall–Kier alpha value is -1.84. The van der Waals surface area contributed by atoms with E-state index in [9.17, 15) is 0 Å². The summed E-state index contributed by atoms with van der Waals surface area (Å²) in [5, 5.41) is 6.79. The number of nitrogens with zero attached hydrogens (tertiary/aromatic N) is 3. The van der Waals surface area contributed by atoms with Gasteiger partial charge >= 0.3 is 0 Å². The molecule has 4 nitrogen and oxygen atoms in total. The first kappa shape index (κ1) is 8.74. The fourth-order valence-electron chi connectivity index (χ4n) is 1.23. The average Bonchev–Trinajstić information content (AvgIpc) is 2.71. The second kappa shape index (κ2) is 3.49. The molecule has 0 aliphatic carbocycles. The molecule has 2 aromatic rings. The van der Waals surface area contributed by atoms with Crippen LogP contribution in [0.5, 0.6) is 0 Å². The van der Waals surface area contributed by atoms with Gasteiger partial charge in [-0.25, -0.2) is 4.98 Å². The van der Waals surface area contributed by atoms with E-state index in [4.69, 9.17) is 0 Å². The van der Waals surface area contributed by atoms with E-state index in [2.05, 4.69) is 15.2 Å². The van der Waals surface area contributed by atoms with E-state index in [-0.39, 0.29) is 0 Å². The molecular weight excluding hydrogens is 176 g/mol.